The molecule has 2 saturated heterocycles. The number of benzene rings is 1. The van der Waals surface area contributed by atoms with Gasteiger partial charge in [-0.3, -0.25) is 10.1 Å². The first kappa shape index (κ1) is 26.7. The topological polar surface area (TPSA) is 149 Å². The minimum Gasteiger partial charge on any atom is -0.493 e. The van der Waals surface area contributed by atoms with Crippen LogP contribution in [0.5, 0.6) is 11.5 Å². The number of amides is 1. The van der Waals surface area contributed by atoms with Crippen molar-refractivity contribution in [3.05, 3.63) is 23.8 Å². The van der Waals surface area contributed by atoms with Crippen molar-refractivity contribution in [1.82, 2.24) is 10.2 Å². The highest BCUT2D eigenvalue weighted by Gasteiger charge is 2.38. The number of carboxylic acids is 2. The molecular formula is C21H24F3N3O7. The second kappa shape index (κ2) is 11.6. The number of nitrogens with one attached hydrogen (secondary N) is 1. The molecule has 13 heteroatoms. The highest BCUT2D eigenvalue weighted by molar-refractivity contribution is 5.88. The molecule has 0 saturated carbocycles. The van der Waals surface area contributed by atoms with E-state index in [2.05, 4.69) is 11.4 Å². The van der Waals surface area contributed by atoms with Crippen molar-refractivity contribution >= 4 is 17.8 Å². The first-order valence-electron chi connectivity index (χ1n) is 10.3. The van der Waals surface area contributed by atoms with Crippen LogP contribution < -0.4 is 14.8 Å². The number of alkyl halides is 3. The van der Waals surface area contributed by atoms with Gasteiger partial charge in [-0.1, -0.05) is 0 Å². The maximum Gasteiger partial charge on any atom is 0.490 e. The molecule has 0 aliphatic carbocycles. The van der Waals surface area contributed by atoms with Gasteiger partial charge in [0.1, 0.15) is 12.6 Å². The number of ether oxygens (including phenoxy) is 2. The number of rotatable bonds is 6. The van der Waals surface area contributed by atoms with Gasteiger partial charge in [0, 0.05) is 12.6 Å². The quantitative estimate of drug-likeness (QED) is 0.548. The van der Waals surface area contributed by atoms with Crippen LogP contribution in [0.3, 0.4) is 0 Å². The fourth-order valence-electron chi connectivity index (χ4n) is 3.62. The van der Waals surface area contributed by atoms with Crippen molar-refractivity contribution in [1.29, 1.82) is 5.26 Å². The van der Waals surface area contributed by atoms with Crippen LogP contribution in [-0.2, 0) is 9.59 Å². The molecule has 34 heavy (non-hydrogen) atoms. The largest absolute Gasteiger partial charge is 0.493 e. The number of carbonyl (C=O) groups is 3. The summed E-state index contributed by atoms with van der Waals surface area (Å²) in [5, 5.41) is 28.6. The SMILES string of the molecule is COc1cc(C(=O)O)ccc1OC[C@H]1CC[C@@H](C(=O)N2CCC[C@H]2C#N)N1.O=C(O)C(F)(F)F. The van der Waals surface area contributed by atoms with Gasteiger partial charge in [0.2, 0.25) is 5.91 Å². The summed E-state index contributed by atoms with van der Waals surface area (Å²) in [6, 6.07) is 6.05. The van der Waals surface area contributed by atoms with Crippen molar-refractivity contribution in [3.8, 4) is 17.6 Å². The minimum absolute atomic E-state index is 0.00550. The van der Waals surface area contributed by atoms with Crippen LogP contribution in [0.2, 0.25) is 0 Å². The molecule has 3 rings (SSSR count). The van der Waals surface area contributed by atoms with E-state index in [4.69, 9.17) is 29.7 Å². The lowest BCUT2D eigenvalue weighted by Gasteiger charge is -2.24. The zero-order valence-electron chi connectivity index (χ0n) is 18.2. The Labute approximate surface area is 192 Å². The van der Waals surface area contributed by atoms with E-state index in [1.807, 2.05) is 0 Å². The van der Waals surface area contributed by atoms with Gasteiger partial charge < -0.3 is 24.6 Å². The molecule has 0 aromatic heterocycles. The van der Waals surface area contributed by atoms with E-state index in [9.17, 15) is 22.8 Å². The summed E-state index contributed by atoms with van der Waals surface area (Å²) in [4.78, 5) is 34.2. The third-order valence-corrected chi connectivity index (χ3v) is 5.32. The van der Waals surface area contributed by atoms with E-state index >= 15 is 0 Å². The van der Waals surface area contributed by atoms with Gasteiger partial charge in [0.15, 0.2) is 11.5 Å². The standard InChI is InChI=1S/C19H23N3O5.C2HF3O2/c1-26-17-9-12(19(24)25)4-7-16(17)27-11-13-5-6-15(21-13)18(23)22-8-2-3-14(22)10-20;3-2(4,5)1(6)7/h4,7,9,13-15,21H,2-3,5-6,8,11H2,1H3,(H,24,25);(H,6,7)/t13-,14+,15+;/m1./s1. The maximum atomic E-state index is 12.6. The predicted octanol–water partition coefficient (Wildman–Crippen LogP) is 2.04. The number of aliphatic carboxylic acids is 1. The molecule has 0 bridgehead atoms. The summed E-state index contributed by atoms with van der Waals surface area (Å²) in [7, 11) is 1.46. The number of halogens is 3. The molecule has 2 aliphatic rings. The highest BCUT2D eigenvalue weighted by atomic mass is 19.4. The first-order chi connectivity index (χ1) is 16.0. The first-order valence-corrected chi connectivity index (χ1v) is 10.3. The highest BCUT2D eigenvalue weighted by Crippen LogP contribution is 2.29. The van der Waals surface area contributed by atoms with Gasteiger partial charge in [-0.05, 0) is 43.9 Å². The van der Waals surface area contributed by atoms with Gasteiger partial charge in [-0.15, -0.1) is 0 Å². The maximum absolute atomic E-state index is 12.6. The zero-order chi connectivity index (χ0) is 25.5. The molecule has 1 amide bonds. The van der Waals surface area contributed by atoms with Crippen LogP contribution in [0.4, 0.5) is 13.2 Å². The molecule has 1 aromatic carbocycles. The number of carboxylic acid groups (broad SMARTS) is 2. The van der Waals surface area contributed by atoms with E-state index in [1.165, 1.54) is 19.2 Å². The fourth-order valence-corrected chi connectivity index (χ4v) is 3.62. The predicted molar refractivity (Wildman–Crippen MR) is 109 cm³/mol. The average Bonchev–Trinajstić information content (AvgIpc) is 3.46. The Kier molecular flexibility index (Phi) is 9.08. The number of hydrogen-bond acceptors (Lipinski definition) is 7. The van der Waals surface area contributed by atoms with E-state index in [-0.39, 0.29) is 29.6 Å². The van der Waals surface area contributed by atoms with Gasteiger partial charge in [0.05, 0.1) is 24.8 Å². The molecule has 10 nitrogen and oxygen atoms in total. The molecule has 3 N–H and O–H groups in total. The Hall–Kier alpha value is -3.53. The number of nitrogens with zero attached hydrogens (tertiary/aromatic N) is 2. The lowest BCUT2D eigenvalue weighted by Crippen LogP contribution is -2.47. The molecule has 2 fully saturated rings. The third-order valence-electron chi connectivity index (χ3n) is 5.32. The molecular weight excluding hydrogens is 463 g/mol. The summed E-state index contributed by atoms with van der Waals surface area (Å²) in [5.74, 6) is -2.98. The smallest absolute Gasteiger partial charge is 0.490 e. The van der Waals surface area contributed by atoms with Crippen LogP contribution in [0.1, 0.15) is 36.0 Å². The van der Waals surface area contributed by atoms with Gasteiger partial charge >= 0.3 is 18.1 Å². The molecule has 2 heterocycles. The number of likely N-dealkylation sites (tertiary alicyclic amines) is 1. The number of aromatic carboxylic acids is 1. The van der Waals surface area contributed by atoms with Crippen LogP contribution in [-0.4, -0.2) is 77.5 Å². The van der Waals surface area contributed by atoms with Crippen LogP contribution in [0.25, 0.3) is 0 Å². The number of carbonyl (C=O) groups excluding carboxylic acids is 1. The number of methoxy groups -OCH3 is 1. The Morgan fingerprint density at radius 1 is 1.21 bits per heavy atom. The zero-order valence-corrected chi connectivity index (χ0v) is 18.2. The van der Waals surface area contributed by atoms with Gasteiger partial charge in [-0.2, -0.15) is 18.4 Å². The molecule has 2 aliphatic heterocycles. The fraction of sp³-hybridized carbons (Fsp3) is 0.524. The summed E-state index contributed by atoms with van der Waals surface area (Å²) >= 11 is 0. The lowest BCUT2D eigenvalue weighted by atomic mass is 10.1. The van der Waals surface area contributed by atoms with Crippen LogP contribution in [0, 0.1) is 11.3 Å². The minimum atomic E-state index is -5.08. The summed E-state index contributed by atoms with van der Waals surface area (Å²) < 4.78 is 42.7. The van der Waals surface area contributed by atoms with Crippen molar-refractivity contribution in [2.45, 2.75) is 50.0 Å². The van der Waals surface area contributed by atoms with Crippen molar-refractivity contribution < 1.29 is 47.2 Å². The summed E-state index contributed by atoms with van der Waals surface area (Å²) in [6.07, 6.45) is -1.98. The normalized spacial score (nSPS) is 21.7. The lowest BCUT2D eigenvalue weighted by molar-refractivity contribution is -0.192. The van der Waals surface area contributed by atoms with E-state index < -0.39 is 18.1 Å². The van der Waals surface area contributed by atoms with Gasteiger partial charge in [-0.25, -0.2) is 9.59 Å². The Balaban J connectivity index is 0.000000509. The van der Waals surface area contributed by atoms with Crippen molar-refractivity contribution in [2.75, 3.05) is 20.3 Å². The molecule has 0 radical (unpaired) electrons. The van der Waals surface area contributed by atoms with Crippen LogP contribution in [0.15, 0.2) is 18.2 Å². The molecule has 0 spiro atoms. The van der Waals surface area contributed by atoms with Gasteiger partial charge in [0.25, 0.3) is 0 Å². The summed E-state index contributed by atoms with van der Waals surface area (Å²) in [6.45, 7) is 0.984. The van der Waals surface area contributed by atoms with E-state index in [0.717, 1.165) is 19.3 Å². The second-order valence-electron chi connectivity index (χ2n) is 7.60. The van der Waals surface area contributed by atoms with Crippen molar-refractivity contribution in [3.63, 3.8) is 0 Å². The van der Waals surface area contributed by atoms with E-state index in [0.29, 0.717) is 31.1 Å². The number of nitriles is 1. The van der Waals surface area contributed by atoms with E-state index in [1.54, 1.807) is 11.0 Å². The Morgan fingerprint density at radius 2 is 1.88 bits per heavy atom. The Morgan fingerprint density at radius 3 is 2.44 bits per heavy atom. The second-order valence-corrected chi connectivity index (χ2v) is 7.60. The van der Waals surface area contributed by atoms with Crippen LogP contribution >= 0.6 is 0 Å². The Bertz CT molecular complexity index is 949. The summed E-state index contributed by atoms with van der Waals surface area (Å²) in [5.41, 5.74) is 0.126. The molecule has 3 atom stereocenters. The average molecular weight is 487 g/mol. The molecule has 186 valence electrons. The monoisotopic (exact) mass is 487 g/mol. The third kappa shape index (κ3) is 6.98. The number of hydrogen-bond donors (Lipinski definition) is 3. The molecule has 0 unspecified atom stereocenters. The molecule has 1 aromatic rings. The van der Waals surface area contributed by atoms with Crippen molar-refractivity contribution in [2.24, 2.45) is 0 Å².